The molecular formula is C12H12N2O5. The summed E-state index contributed by atoms with van der Waals surface area (Å²) >= 11 is 0. The van der Waals surface area contributed by atoms with Crippen LogP contribution in [0.1, 0.15) is 23.8 Å². The molecule has 0 saturated heterocycles. The van der Waals surface area contributed by atoms with Crippen molar-refractivity contribution in [3.8, 4) is 11.5 Å². The van der Waals surface area contributed by atoms with Gasteiger partial charge in [-0.15, -0.1) is 0 Å². The Morgan fingerprint density at radius 3 is 2.84 bits per heavy atom. The Labute approximate surface area is 108 Å². The van der Waals surface area contributed by atoms with Gasteiger partial charge in [0.05, 0.1) is 6.26 Å². The average Bonchev–Trinajstić information content (AvgIpc) is 3.04. The number of nitrogens with zero attached hydrogens (tertiary/aromatic N) is 1. The van der Waals surface area contributed by atoms with E-state index in [1.54, 1.807) is 19.1 Å². The topological polar surface area (TPSA) is 106 Å². The zero-order valence-electron chi connectivity index (χ0n) is 10.1. The van der Waals surface area contributed by atoms with Crippen molar-refractivity contribution in [2.75, 3.05) is 0 Å². The number of furan rings is 1. The lowest BCUT2D eigenvalue weighted by atomic mass is 10.2. The molecule has 1 atom stereocenters. The summed E-state index contributed by atoms with van der Waals surface area (Å²) in [5, 5.41) is 14.8. The van der Waals surface area contributed by atoms with Crippen molar-refractivity contribution in [2.45, 2.75) is 19.4 Å². The van der Waals surface area contributed by atoms with Gasteiger partial charge in [-0.25, -0.2) is 4.79 Å². The number of rotatable bonds is 5. The summed E-state index contributed by atoms with van der Waals surface area (Å²) in [4.78, 5) is 22.6. The van der Waals surface area contributed by atoms with Crippen LogP contribution in [0.5, 0.6) is 0 Å². The summed E-state index contributed by atoms with van der Waals surface area (Å²) in [6.07, 6.45) is 1.75. The molecule has 100 valence electrons. The Morgan fingerprint density at radius 1 is 1.47 bits per heavy atom. The summed E-state index contributed by atoms with van der Waals surface area (Å²) in [5.41, 5.74) is 0.00565. The zero-order chi connectivity index (χ0) is 13.8. The molecule has 0 fully saturated rings. The van der Waals surface area contributed by atoms with Gasteiger partial charge in [0, 0.05) is 6.07 Å². The Balaban J connectivity index is 2.10. The predicted octanol–water partition coefficient (Wildman–Crippen LogP) is 1.53. The first-order valence-electron chi connectivity index (χ1n) is 5.66. The third kappa shape index (κ3) is 2.82. The largest absolute Gasteiger partial charge is 0.480 e. The molecule has 19 heavy (non-hydrogen) atoms. The molecule has 0 aliphatic carbocycles. The maximum absolute atomic E-state index is 11.8. The number of carboxylic acids is 1. The fourth-order valence-corrected chi connectivity index (χ4v) is 1.49. The summed E-state index contributed by atoms with van der Waals surface area (Å²) < 4.78 is 10.0. The molecule has 2 aromatic rings. The van der Waals surface area contributed by atoms with E-state index in [-0.39, 0.29) is 12.1 Å². The molecule has 7 nitrogen and oxygen atoms in total. The smallest absolute Gasteiger partial charge is 0.326 e. The lowest BCUT2D eigenvalue weighted by molar-refractivity contribution is -0.139. The first-order chi connectivity index (χ1) is 9.11. The number of amides is 1. The van der Waals surface area contributed by atoms with Crippen LogP contribution in [0.25, 0.3) is 11.5 Å². The van der Waals surface area contributed by atoms with E-state index in [1.807, 2.05) is 0 Å². The Kier molecular flexibility index (Phi) is 3.65. The van der Waals surface area contributed by atoms with Crippen molar-refractivity contribution in [1.82, 2.24) is 10.5 Å². The minimum atomic E-state index is -1.09. The monoisotopic (exact) mass is 264 g/mol. The van der Waals surface area contributed by atoms with Crippen LogP contribution in [-0.4, -0.2) is 28.2 Å². The number of nitrogens with one attached hydrogen (secondary N) is 1. The van der Waals surface area contributed by atoms with E-state index in [9.17, 15) is 9.59 Å². The van der Waals surface area contributed by atoms with E-state index in [4.69, 9.17) is 14.0 Å². The van der Waals surface area contributed by atoms with Crippen LogP contribution in [0, 0.1) is 0 Å². The van der Waals surface area contributed by atoms with Gasteiger partial charge in [-0.2, -0.15) is 0 Å². The maximum Gasteiger partial charge on any atom is 0.326 e. The SMILES string of the molecule is CCC(NC(=O)c1cc(-c2ccco2)on1)C(=O)O. The van der Waals surface area contributed by atoms with Crippen molar-refractivity contribution in [2.24, 2.45) is 0 Å². The second kappa shape index (κ2) is 5.38. The molecule has 1 amide bonds. The predicted molar refractivity (Wildman–Crippen MR) is 63.4 cm³/mol. The fourth-order valence-electron chi connectivity index (χ4n) is 1.49. The van der Waals surface area contributed by atoms with Gasteiger partial charge >= 0.3 is 5.97 Å². The summed E-state index contributed by atoms with van der Waals surface area (Å²) in [5.74, 6) is -0.947. The van der Waals surface area contributed by atoms with Crippen LogP contribution in [-0.2, 0) is 4.79 Å². The molecule has 2 rings (SSSR count). The number of carbonyl (C=O) groups is 2. The molecule has 2 N–H and O–H groups in total. The molecule has 0 bridgehead atoms. The fraction of sp³-hybridized carbons (Fsp3) is 0.250. The van der Waals surface area contributed by atoms with Crippen molar-refractivity contribution in [1.29, 1.82) is 0 Å². The molecule has 7 heteroatoms. The number of carbonyl (C=O) groups excluding carboxylic acids is 1. The van der Waals surface area contributed by atoms with Gasteiger partial charge in [-0.3, -0.25) is 4.79 Å². The van der Waals surface area contributed by atoms with E-state index in [1.165, 1.54) is 12.3 Å². The minimum absolute atomic E-state index is 0.00565. The molecule has 2 aromatic heterocycles. The summed E-state index contributed by atoms with van der Waals surface area (Å²) in [6, 6.07) is 3.78. The summed E-state index contributed by atoms with van der Waals surface area (Å²) in [7, 11) is 0. The molecule has 0 aliphatic rings. The van der Waals surface area contributed by atoms with E-state index in [0.717, 1.165) is 0 Å². The van der Waals surface area contributed by atoms with E-state index < -0.39 is 17.9 Å². The molecule has 0 aliphatic heterocycles. The highest BCUT2D eigenvalue weighted by atomic mass is 16.5. The van der Waals surface area contributed by atoms with Crippen LogP contribution in [0.3, 0.4) is 0 Å². The van der Waals surface area contributed by atoms with Gasteiger partial charge in [-0.1, -0.05) is 12.1 Å². The van der Waals surface area contributed by atoms with Crippen LogP contribution < -0.4 is 5.32 Å². The lowest BCUT2D eigenvalue weighted by Crippen LogP contribution is -2.40. The van der Waals surface area contributed by atoms with Crippen molar-refractivity contribution in [3.05, 3.63) is 30.2 Å². The van der Waals surface area contributed by atoms with Crippen LogP contribution in [0.2, 0.25) is 0 Å². The van der Waals surface area contributed by atoms with Gasteiger partial charge in [0.2, 0.25) is 5.76 Å². The average molecular weight is 264 g/mol. The minimum Gasteiger partial charge on any atom is -0.480 e. The van der Waals surface area contributed by atoms with E-state index in [2.05, 4.69) is 10.5 Å². The van der Waals surface area contributed by atoms with E-state index in [0.29, 0.717) is 11.5 Å². The normalized spacial score (nSPS) is 12.1. The number of carboxylic acid groups (broad SMARTS) is 1. The van der Waals surface area contributed by atoms with E-state index >= 15 is 0 Å². The van der Waals surface area contributed by atoms with Crippen LogP contribution in [0.15, 0.2) is 33.4 Å². The maximum atomic E-state index is 11.8. The second-order valence-corrected chi connectivity index (χ2v) is 3.83. The number of hydrogen-bond donors (Lipinski definition) is 2. The third-order valence-electron chi connectivity index (χ3n) is 2.52. The van der Waals surface area contributed by atoms with Crippen molar-refractivity contribution in [3.63, 3.8) is 0 Å². The number of aliphatic carboxylic acids is 1. The first-order valence-corrected chi connectivity index (χ1v) is 5.66. The van der Waals surface area contributed by atoms with Crippen LogP contribution >= 0.6 is 0 Å². The molecule has 0 saturated carbocycles. The number of aromatic nitrogens is 1. The molecule has 0 radical (unpaired) electrons. The van der Waals surface area contributed by atoms with Gasteiger partial charge in [0.1, 0.15) is 6.04 Å². The Morgan fingerprint density at radius 2 is 2.26 bits per heavy atom. The molecule has 0 spiro atoms. The first kappa shape index (κ1) is 12.9. The van der Waals surface area contributed by atoms with Crippen LogP contribution in [0.4, 0.5) is 0 Å². The number of hydrogen-bond acceptors (Lipinski definition) is 5. The second-order valence-electron chi connectivity index (χ2n) is 3.83. The molecule has 1 unspecified atom stereocenters. The third-order valence-corrected chi connectivity index (χ3v) is 2.52. The van der Waals surface area contributed by atoms with Crippen molar-refractivity contribution >= 4 is 11.9 Å². The molecular weight excluding hydrogens is 252 g/mol. The highest BCUT2D eigenvalue weighted by Crippen LogP contribution is 2.20. The standard InChI is InChI=1S/C12H12N2O5/c1-2-7(12(16)17)13-11(15)8-6-10(19-14-8)9-4-3-5-18-9/h3-7H,2H2,1H3,(H,13,15)(H,16,17). The van der Waals surface area contributed by atoms with Gasteiger partial charge < -0.3 is 19.4 Å². The molecule has 0 aromatic carbocycles. The summed E-state index contributed by atoms with van der Waals surface area (Å²) in [6.45, 7) is 1.66. The van der Waals surface area contributed by atoms with Gasteiger partial charge in [0.15, 0.2) is 11.5 Å². The van der Waals surface area contributed by atoms with Gasteiger partial charge in [0.25, 0.3) is 5.91 Å². The Hall–Kier alpha value is -2.57. The highest BCUT2D eigenvalue weighted by Gasteiger charge is 2.21. The molecule has 2 heterocycles. The zero-order valence-corrected chi connectivity index (χ0v) is 10.1. The lowest BCUT2D eigenvalue weighted by Gasteiger charge is -2.10. The van der Waals surface area contributed by atoms with Crippen molar-refractivity contribution < 1.29 is 23.6 Å². The van der Waals surface area contributed by atoms with Gasteiger partial charge in [-0.05, 0) is 18.6 Å². The Bertz CT molecular complexity index is 573. The quantitative estimate of drug-likeness (QED) is 0.848. The highest BCUT2D eigenvalue weighted by molar-refractivity contribution is 5.95.